The fourth-order valence-electron chi connectivity index (χ4n) is 1.72. The molecule has 19 heavy (non-hydrogen) atoms. The third-order valence-corrected chi connectivity index (χ3v) is 4.51. The molecule has 0 bridgehead atoms. The Balaban J connectivity index is 2.23. The number of nitrogens with zero attached hydrogens (tertiary/aromatic N) is 2. The zero-order valence-electron chi connectivity index (χ0n) is 10.9. The highest BCUT2D eigenvalue weighted by Gasteiger charge is 2.19. The minimum atomic E-state index is 0.0178. The zero-order valence-corrected chi connectivity index (χ0v) is 13.3. The summed E-state index contributed by atoms with van der Waals surface area (Å²) in [6.45, 7) is 3.98. The summed E-state index contributed by atoms with van der Waals surface area (Å²) >= 11 is 5.09. The molecule has 0 radical (unpaired) electrons. The Labute approximate surface area is 126 Å². The molecule has 2 aromatic rings. The number of aryl methyl sites for hydroxylation is 1. The minimum Gasteiger partial charge on any atom is -0.327 e. The molecule has 0 aliphatic heterocycles. The maximum absolute atomic E-state index is 6.10. The van der Waals surface area contributed by atoms with Crippen LogP contribution in [0.25, 0.3) is 0 Å². The van der Waals surface area contributed by atoms with Crippen molar-refractivity contribution in [3.05, 3.63) is 52.3 Å². The second-order valence-corrected chi connectivity index (χ2v) is 6.52. The lowest BCUT2D eigenvalue weighted by Gasteiger charge is -2.20. The molecule has 0 saturated heterocycles. The van der Waals surface area contributed by atoms with Crippen molar-refractivity contribution in [2.45, 2.75) is 30.3 Å². The van der Waals surface area contributed by atoms with Crippen molar-refractivity contribution in [2.24, 2.45) is 5.73 Å². The lowest BCUT2D eigenvalue weighted by atomic mass is 10.1. The van der Waals surface area contributed by atoms with Crippen molar-refractivity contribution in [2.75, 3.05) is 0 Å². The van der Waals surface area contributed by atoms with Crippen LogP contribution in [-0.2, 0) is 0 Å². The van der Waals surface area contributed by atoms with Gasteiger partial charge in [0.15, 0.2) is 5.16 Å². The summed E-state index contributed by atoms with van der Waals surface area (Å²) in [7, 11) is 0. The first kappa shape index (κ1) is 14.5. The summed E-state index contributed by atoms with van der Waals surface area (Å²) < 4.78 is 1.06. The van der Waals surface area contributed by atoms with Gasteiger partial charge in [-0.2, -0.15) is 0 Å². The van der Waals surface area contributed by atoms with E-state index in [0.29, 0.717) is 0 Å². The standard InChI is InChI=1S/C14H16BrN3S/c1-9-7-17-14(18-8-9)19-13(10(2)16)11-4-3-5-12(15)6-11/h3-8,10,13H,16H2,1-2H3. The Morgan fingerprint density at radius 1 is 1.26 bits per heavy atom. The van der Waals surface area contributed by atoms with E-state index in [0.717, 1.165) is 15.2 Å². The number of rotatable bonds is 4. The number of hydrogen-bond acceptors (Lipinski definition) is 4. The summed E-state index contributed by atoms with van der Waals surface area (Å²) in [5.41, 5.74) is 8.34. The van der Waals surface area contributed by atoms with Crippen LogP contribution < -0.4 is 5.73 Å². The van der Waals surface area contributed by atoms with Crippen LogP contribution in [0.2, 0.25) is 0 Å². The lowest BCUT2D eigenvalue weighted by molar-refractivity contribution is 0.717. The largest absolute Gasteiger partial charge is 0.327 e. The van der Waals surface area contributed by atoms with E-state index in [-0.39, 0.29) is 11.3 Å². The summed E-state index contributed by atoms with van der Waals surface area (Å²) in [5.74, 6) is 0. The highest BCUT2D eigenvalue weighted by Crippen LogP contribution is 2.36. The maximum Gasteiger partial charge on any atom is 0.188 e. The second-order valence-electron chi connectivity index (χ2n) is 4.50. The van der Waals surface area contributed by atoms with Gasteiger partial charge in [0.25, 0.3) is 0 Å². The van der Waals surface area contributed by atoms with Crippen LogP contribution in [0.5, 0.6) is 0 Å². The van der Waals surface area contributed by atoms with Gasteiger partial charge in [-0.3, -0.25) is 0 Å². The summed E-state index contributed by atoms with van der Waals surface area (Å²) in [5, 5.41) is 0.896. The molecule has 2 rings (SSSR count). The van der Waals surface area contributed by atoms with Crippen LogP contribution in [0.1, 0.15) is 23.3 Å². The van der Waals surface area contributed by atoms with Crippen LogP contribution in [-0.4, -0.2) is 16.0 Å². The number of hydrogen-bond donors (Lipinski definition) is 1. The van der Waals surface area contributed by atoms with Crippen LogP contribution in [0.4, 0.5) is 0 Å². The van der Waals surface area contributed by atoms with E-state index in [1.807, 2.05) is 38.4 Å². The molecule has 0 spiro atoms. The van der Waals surface area contributed by atoms with E-state index in [4.69, 9.17) is 5.73 Å². The van der Waals surface area contributed by atoms with Crippen molar-refractivity contribution < 1.29 is 0 Å². The molecule has 2 N–H and O–H groups in total. The molecular formula is C14H16BrN3S. The maximum atomic E-state index is 6.10. The Hall–Kier alpha value is -0.910. The summed E-state index contributed by atoms with van der Waals surface area (Å²) in [6.07, 6.45) is 3.66. The molecule has 1 aromatic heterocycles. The zero-order chi connectivity index (χ0) is 13.8. The molecule has 2 atom stereocenters. The smallest absolute Gasteiger partial charge is 0.188 e. The molecule has 0 fully saturated rings. The van der Waals surface area contributed by atoms with Gasteiger partial charge in [0.1, 0.15) is 0 Å². The van der Waals surface area contributed by atoms with Gasteiger partial charge in [0.2, 0.25) is 0 Å². The highest BCUT2D eigenvalue weighted by atomic mass is 79.9. The molecular weight excluding hydrogens is 322 g/mol. The van der Waals surface area contributed by atoms with Crippen molar-refractivity contribution >= 4 is 27.7 Å². The van der Waals surface area contributed by atoms with Crippen molar-refractivity contribution in [1.29, 1.82) is 0 Å². The van der Waals surface area contributed by atoms with Gasteiger partial charge in [-0.05, 0) is 37.1 Å². The SMILES string of the molecule is Cc1cnc(SC(c2cccc(Br)c2)C(C)N)nc1. The molecule has 2 unspecified atom stereocenters. The number of benzene rings is 1. The predicted molar refractivity (Wildman–Crippen MR) is 83.2 cm³/mol. The second kappa shape index (κ2) is 6.50. The molecule has 3 nitrogen and oxygen atoms in total. The van der Waals surface area contributed by atoms with E-state index in [1.165, 1.54) is 5.56 Å². The van der Waals surface area contributed by atoms with Crippen molar-refractivity contribution in [1.82, 2.24) is 9.97 Å². The van der Waals surface area contributed by atoms with Gasteiger partial charge in [0, 0.05) is 22.9 Å². The average molecular weight is 338 g/mol. The fraction of sp³-hybridized carbons (Fsp3) is 0.286. The number of thioether (sulfide) groups is 1. The molecule has 0 amide bonds. The van der Waals surface area contributed by atoms with Crippen LogP contribution in [0.15, 0.2) is 46.3 Å². The van der Waals surface area contributed by atoms with Gasteiger partial charge in [-0.1, -0.05) is 39.8 Å². The van der Waals surface area contributed by atoms with Crippen LogP contribution >= 0.6 is 27.7 Å². The monoisotopic (exact) mass is 337 g/mol. The average Bonchev–Trinajstić information content (AvgIpc) is 2.37. The first-order valence-corrected chi connectivity index (χ1v) is 7.70. The number of halogens is 1. The molecule has 100 valence electrons. The topological polar surface area (TPSA) is 51.8 Å². The van der Waals surface area contributed by atoms with Gasteiger partial charge in [-0.25, -0.2) is 9.97 Å². The van der Waals surface area contributed by atoms with Crippen molar-refractivity contribution in [3.8, 4) is 0 Å². The normalized spacial score (nSPS) is 14.1. The van der Waals surface area contributed by atoms with Gasteiger partial charge < -0.3 is 5.73 Å². The Bertz CT molecular complexity index is 543. The number of nitrogens with two attached hydrogens (primary N) is 1. The first-order chi connectivity index (χ1) is 9.06. The molecule has 0 saturated carbocycles. The molecule has 1 heterocycles. The number of aromatic nitrogens is 2. The van der Waals surface area contributed by atoms with E-state index < -0.39 is 0 Å². The highest BCUT2D eigenvalue weighted by molar-refractivity contribution is 9.10. The predicted octanol–water partition coefficient (Wildman–Crippen LogP) is 3.73. The van der Waals surface area contributed by atoms with Crippen LogP contribution in [0.3, 0.4) is 0 Å². The quantitative estimate of drug-likeness (QED) is 0.682. The van der Waals surface area contributed by atoms with E-state index in [9.17, 15) is 0 Å². The van der Waals surface area contributed by atoms with Gasteiger partial charge in [-0.15, -0.1) is 0 Å². The van der Waals surface area contributed by atoms with E-state index >= 15 is 0 Å². The fourth-order valence-corrected chi connectivity index (χ4v) is 3.09. The molecule has 1 aromatic carbocycles. The third-order valence-electron chi connectivity index (χ3n) is 2.64. The van der Waals surface area contributed by atoms with Gasteiger partial charge in [0.05, 0.1) is 5.25 Å². The summed E-state index contributed by atoms with van der Waals surface area (Å²) in [4.78, 5) is 8.67. The molecule has 0 aliphatic carbocycles. The van der Waals surface area contributed by atoms with E-state index in [1.54, 1.807) is 11.8 Å². The molecule has 0 aliphatic rings. The minimum absolute atomic E-state index is 0.0178. The Morgan fingerprint density at radius 2 is 1.95 bits per heavy atom. The Kier molecular flexibility index (Phi) is 4.96. The lowest BCUT2D eigenvalue weighted by Crippen LogP contribution is -2.22. The van der Waals surface area contributed by atoms with Gasteiger partial charge >= 0.3 is 0 Å². The Morgan fingerprint density at radius 3 is 2.53 bits per heavy atom. The van der Waals surface area contributed by atoms with E-state index in [2.05, 4.69) is 38.0 Å². The van der Waals surface area contributed by atoms with Crippen LogP contribution in [0, 0.1) is 6.92 Å². The third kappa shape index (κ3) is 4.03. The molecule has 5 heteroatoms. The summed E-state index contributed by atoms with van der Waals surface area (Å²) in [6, 6.07) is 8.22. The van der Waals surface area contributed by atoms with Crippen molar-refractivity contribution in [3.63, 3.8) is 0 Å². The first-order valence-electron chi connectivity index (χ1n) is 6.02.